The Morgan fingerprint density at radius 2 is 1.96 bits per heavy atom. The van der Waals surface area contributed by atoms with Crippen LogP contribution in [0.3, 0.4) is 0 Å². The lowest BCUT2D eigenvalue weighted by molar-refractivity contribution is -0.0155. The van der Waals surface area contributed by atoms with Crippen LogP contribution in [0.4, 0.5) is 10.5 Å². The first-order valence-electron chi connectivity index (χ1n) is 8.79. The maximum atomic E-state index is 12.2. The number of fused-ring (bicyclic) bond motifs is 1. The molecule has 0 bridgehead atoms. The molecule has 0 atom stereocenters. The summed E-state index contributed by atoms with van der Waals surface area (Å²) < 4.78 is 7.90. The second-order valence-electron chi connectivity index (χ2n) is 6.96. The molecule has 130 valence electrons. The lowest BCUT2D eigenvalue weighted by atomic mass is 9.93. The standard InChI is InChI=1S/C19H27N3O2/c1-13(2)24-17-8-6-15(7-9-17)20-19(23)21-16-5-4-14-10-11-22(3)18(14)12-16/h4-5,10-13,15,17H,6-9H2,1-3H3,(H2,20,21,23). The molecule has 1 aromatic carbocycles. The Hall–Kier alpha value is -2.01. The summed E-state index contributed by atoms with van der Waals surface area (Å²) >= 11 is 0. The van der Waals surface area contributed by atoms with Crippen LogP contribution in [0.25, 0.3) is 10.9 Å². The van der Waals surface area contributed by atoms with E-state index in [-0.39, 0.29) is 18.2 Å². The predicted octanol–water partition coefficient (Wildman–Crippen LogP) is 4.04. The molecule has 0 radical (unpaired) electrons. The molecular formula is C19H27N3O2. The van der Waals surface area contributed by atoms with Crippen LogP contribution in [0, 0.1) is 0 Å². The van der Waals surface area contributed by atoms with E-state index < -0.39 is 0 Å². The van der Waals surface area contributed by atoms with Crippen LogP contribution in [0.2, 0.25) is 0 Å². The molecule has 5 heteroatoms. The van der Waals surface area contributed by atoms with Crippen LogP contribution in [-0.4, -0.2) is 28.8 Å². The average Bonchev–Trinajstić information content (AvgIpc) is 2.90. The van der Waals surface area contributed by atoms with Crippen LogP contribution in [0.5, 0.6) is 0 Å². The van der Waals surface area contributed by atoms with E-state index in [1.165, 1.54) is 5.39 Å². The van der Waals surface area contributed by atoms with E-state index >= 15 is 0 Å². The number of aryl methyl sites for hydroxylation is 1. The molecule has 2 N–H and O–H groups in total. The zero-order valence-corrected chi connectivity index (χ0v) is 14.7. The Bertz CT molecular complexity index is 700. The van der Waals surface area contributed by atoms with Gasteiger partial charge in [-0.1, -0.05) is 6.07 Å². The maximum Gasteiger partial charge on any atom is 0.319 e. The highest BCUT2D eigenvalue weighted by atomic mass is 16.5. The van der Waals surface area contributed by atoms with Crippen molar-refractivity contribution in [2.24, 2.45) is 7.05 Å². The predicted molar refractivity (Wildman–Crippen MR) is 97.3 cm³/mol. The largest absolute Gasteiger partial charge is 0.376 e. The van der Waals surface area contributed by atoms with Gasteiger partial charge in [0.25, 0.3) is 0 Å². The fourth-order valence-corrected chi connectivity index (χ4v) is 3.42. The topological polar surface area (TPSA) is 55.3 Å². The minimum atomic E-state index is -0.128. The monoisotopic (exact) mass is 329 g/mol. The van der Waals surface area contributed by atoms with E-state index in [9.17, 15) is 4.79 Å². The summed E-state index contributed by atoms with van der Waals surface area (Å²) in [6.45, 7) is 4.14. The molecule has 24 heavy (non-hydrogen) atoms. The van der Waals surface area contributed by atoms with Crippen molar-refractivity contribution in [2.45, 2.75) is 57.8 Å². The van der Waals surface area contributed by atoms with Crippen molar-refractivity contribution in [1.29, 1.82) is 0 Å². The quantitative estimate of drug-likeness (QED) is 0.889. The summed E-state index contributed by atoms with van der Waals surface area (Å²) in [5.41, 5.74) is 1.93. The third-order valence-corrected chi connectivity index (χ3v) is 4.62. The summed E-state index contributed by atoms with van der Waals surface area (Å²) in [4.78, 5) is 12.2. The van der Waals surface area contributed by atoms with Gasteiger partial charge in [0.15, 0.2) is 0 Å². The molecule has 3 rings (SSSR count). The van der Waals surface area contributed by atoms with Crippen LogP contribution < -0.4 is 10.6 Å². The fraction of sp³-hybridized carbons (Fsp3) is 0.526. The molecule has 1 aromatic heterocycles. The lowest BCUT2D eigenvalue weighted by Crippen LogP contribution is -2.41. The lowest BCUT2D eigenvalue weighted by Gasteiger charge is -2.30. The molecule has 1 aliphatic rings. The number of urea groups is 1. The third kappa shape index (κ3) is 4.09. The Labute approximate surface area is 143 Å². The second kappa shape index (κ2) is 7.26. The molecule has 5 nitrogen and oxygen atoms in total. The van der Waals surface area contributed by atoms with Crippen molar-refractivity contribution < 1.29 is 9.53 Å². The van der Waals surface area contributed by atoms with Crippen LogP contribution in [0.1, 0.15) is 39.5 Å². The summed E-state index contributed by atoms with van der Waals surface area (Å²) in [6.07, 6.45) is 6.60. The second-order valence-corrected chi connectivity index (χ2v) is 6.96. The van der Waals surface area contributed by atoms with Crippen molar-refractivity contribution in [3.05, 3.63) is 30.5 Å². The van der Waals surface area contributed by atoms with E-state index in [1.54, 1.807) is 0 Å². The summed E-state index contributed by atoms with van der Waals surface area (Å²) in [5, 5.41) is 7.21. The highest BCUT2D eigenvalue weighted by Gasteiger charge is 2.23. The number of anilines is 1. The van der Waals surface area contributed by atoms with Gasteiger partial charge in [0.2, 0.25) is 0 Å². The molecule has 2 amide bonds. The molecule has 1 heterocycles. The Kier molecular flexibility index (Phi) is 5.09. The molecule has 0 unspecified atom stereocenters. The molecule has 1 saturated carbocycles. The van der Waals surface area contributed by atoms with Gasteiger partial charge in [0, 0.05) is 30.5 Å². The van der Waals surface area contributed by atoms with E-state index in [0.29, 0.717) is 6.10 Å². The third-order valence-electron chi connectivity index (χ3n) is 4.62. The van der Waals surface area contributed by atoms with Gasteiger partial charge in [-0.05, 0) is 63.1 Å². The Morgan fingerprint density at radius 3 is 2.67 bits per heavy atom. The van der Waals surface area contributed by atoms with Gasteiger partial charge < -0.3 is 19.9 Å². The van der Waals surface area contributed by atoms with Gasteiger partial charge in [-0.2, -0.15) is 0 Å². The van der Waals surface area contributed by atoms with Crippen LogP contribution in [-0.2, 0) is 11.8 Å². The number of rotatable bonds is 4. The Morgan fingerprint density at radius 1 is 1.21 bits per heavy atom. The van der Waals surface area contributed by atoms with Gasteiger partial charge in [-0.3, -0.25) is 0 Å². The number of ether oxygens (including phenoxy) is 1. The molecule has 0 aliphatic heterocycles. The first kappa shape index (κ1) is 16.8. The number of carbonyl (C=O) groups excluding carboxylic acids is 1. The number of nitrogens with zero attached hydrogens (tertiary/aromatic N) is 1. The molecule has 2 aromatic rings. The number of hydrogen-bond acceptors (Lipinski definition) is 2. The smallest absolute Gasteiger partial charge is 0.319 e. The zero-order chi connectivity index (χ0) is 17.1. The van der Waals surface area contributed by atoms with Crippen molar-refractivity contribution >= 4 is 22.6 Å². The van der Waals surface area contributed by atoms with Gasteiger partial charge in [0.1, 0.15) is 0 Å². The first-order chi connectivity index (χ1) is 11.5. The summed E-state index contributed by atoms with van der Waals surface area (Å²) in [5.74, 6) is 0. The minimum absolute atomic E-state index is 0.128. The maximum absolute atomic E-state index is 12.2. The number of aromatic nitrogens is 1. The minimum Gasteiger partial charge on any atom is -0.376 e. The molecule has 0 saturated heterocycles. The van der Waals surface area contributed by atoms with Crippen molar-refractivity contribution in [2.75, 3.05) is 5.32 Å². The summed E-state index contributed by atoms with van der Waals surface area (Å²) in [7, 11) is 2.00. The molecule has 1 fully saturated rings. The van der Waals surface area contributed by atoms with E-state index in [4.69, 9.17) is 4.74 Å². The van der Waals surface area contributed by atoms with Crippen LogP contribution in [0.15, 0.2) is 30.5 Å². The van der Waals surface area contributed by atoms with Crippen LogP contribution >= 0.6 is 0 Å². The first-order valence-corrected chi connectivity index (χ1v) is 8.79. The number of amides is 2. The van der Waals surface area contributed by atoms with Gasteiger partial charge in [0.05, 0.1) is 12.2 Å². The highest BCUT2D eigenvalue weighted by Crippen LogP contribution is 2.23. The molecular weight excluding hydrogens is 302 g/mol. The SMILES string of the molecule is CC(C)OC1CCC(NC(=O)Nc2ccc3ccn(C)c3c2)CC1. The van der Waals surface area contributed by atoms with Crippen molar-refractivity contribution in [3.63, 3.8) is 0 Å². The molecule has 1 aliphatic carbocycles. The summed E-state index contributed by atoms with van der Waals surface area (Å²) in [6, 6.07) is 8.14. The number of carbonyl (C=O) groups is 1. The zero-order valence-electron chi connectivity index (χ0n) is 14.7. The number of benzene rings is 1. The van der Waals surface area contributed by atoms with E-state index in [2.05, 4.69) is 35.1 Å². The normalized spacial score (nSPS) is 21.2. The van der Waals surface area contributed by atoms with Gasteiger partial charge in [-0.25, -0.2) is 4.79 Å². The highest BCUT2D eigenvalue weighted by molar-refractivity contribution is 5.92. The molecule has 0 spiro atoms. The van der Waals surface area contributed by atoms with Gasteiger partial charge in [-0.15, -0.1) is 0 Å². The van der Waals surface area contributed by atoms with Crippen molar-refractivity contribution in [3.8, 4) is 0 Å². The van der Waals surface area contributed by atoms with E-state index in [1.807, 2.05) is 31.4 Å². The Balaban J connectivity index is 1.51. The fourth-order valence-electron chi connectivity index (χ4n) is 3.42. The van der Waals surface area contributed by atoms with Gasteiger partial charge >= 0.3 is 6.03 Å². The van der Waals surface area contributed by atoms with Crippen molar-refractivity contribution in [1.82, 2.24) is 9.88 Å². The average molecular weight is 329 g/mol. The van der Waals surface area contributed by atoms with E-state index in [0.717, 1.165) is 36.9 Å². The number of hydrogen-bond donors (Lipinski definition) is 2. The number of nitrogens with one attached hydrogen (secondary N) is 2.